The van der Waals surface area contributed by atoms with Gasteiger partial charge in [0.25, 0.3) is 0 Å². The monoisotopic (exact) mass is 338 g/mol. The van der Waals surface area contributed by atoms with E-state index in [-0.39, 0.29) is 5.41 Å². The Morgan fingerprint density at radius 2 is 2.14 bits per heavy atom. The molecule has 0 aliphatic carbocycles. The van der Waals surface area contributed by atoms with Gasteiger partial charge in [-0.1, -0.05) is 20.8 Å². The standard InChI is InChI=1S/C14H22N6S2/c1-14(2,3)11-16-13(22-19-11)21-12-18-17-10(20(12)4)9-6-5-7-15-8-9/h9,15H,5-8H2,1-4H3. The van der Waals surface area contributed by atoms with Crippen molar-refractivity contribution in [3.63, 3.8) is 0 Å². The van der Waals surface area contributed by atoms with Gasteiger partial charge >= 0.3 is 0 Å². The minimum absolute atomic E-state index is 0.0197. The van der Waals surface area contributed by atoms with Crippen LogP contribution in [0.5, 0.6) is 0 Å². The van der Waals surface area contributed by atoms with Gasteiger partial charge < -0.3 is 9.88 Å². The average Bonchev–Trinajstić information content (AvgIpc) is 3.08. The molecule has 0 aromatic carbocycles. The Balaban J connectivity index is 1.76. The molecule has 8 heteroatoms. The number of nitrogens with one attached hydrogen (secondary N) is 1. The molecule has 3 rings (SSSR count). The lowest BCUT2D eigenvalue weighted by molar-refractivity contribution is 0.436. The van der Waals surface area contributed by atoms with E-state index in [9.17, 15) is 0 Å². The highest BCUT2D eigenvalue weighted by Gasteiger charge is 2.24. The highest BCUT2D eigenvalue weighted by Crippen LogP contribution is 2.32. The van der Waals surface area contributed by atoms with Crippen LogP contribution in [0.25, 0.3) is 0 Å². The van der Waals surface area contributed by atoms with Gasteiger partial charge in [-0.25, -0.2) is 4.98 Å². The zero-order chi connectivity index (χ0) is 15.7. The second-order valence-corrected chi connectivity index (χ2v) is 8.65. The van der Waals surface area contributed by atoms with Crippen molar-refractivity contribution in [3.8, 4) is 0 Å². The fourth-order valence-electron chi connectivity index (χ4n) is 2.48. The molecule has 1 N–H and O–H groups in total. The maximum absolute atomic E-state index is 4.62. The van der Waals surface area contributed by atoms with Gasteiger partial charge in [0, 0.05) is 24.9 Å². The summed E-state index contributed by atoms with van der Waals surface area (Å²) in [4.78, 5) is 4.62. The Hall–Kier alpha value is -0.990. The molecular weight excluding hydrogens is 316 g/mol. The summed E-state index contributed by atoms with van der Waals surface area (Å²) in [6.45, 7) is 8.47. The first-order chi connectivity index (χ1) is 10.4. The lowest BCUT2D eigenvalue weighted by Crippen LogP contribution is -2.29. The largest absolute Gasteiger partial charge is 0.316 e. The van der Waals surface area contributed by atoms with Crippen molar-refractivity contribution >= 4 is 23.3 Å². The first kappa shape index (κ1) is 15.9. The van der Waals surface area contributed by atoms with Gasteiger partial charge in [0.15, 0.2) is 9.50 Å². The van der Waals surface area contributed by atoms with E-state index in [0.717, 1.165) is 34.2 Å². The summed E-state index contributed by atoms with van der Waals surface area (Å²) >= 11 is 2.98. The fraction of sp³-hybridized carbons (Fsp3) is 0.714. The Morgan fingerprint density at radius 1 is 1.32 bits per heavy atom. The van der Waals surface area contributed by atoms with Crippen molar-refractivity contribution in [2.75, 3.05) is 13.1 Å². The lowest BCUT2D eigenvalue weighted by Gasteiger charge is -2.21. The van der Waals surface area contributed by atoms with Crippen LogP contribution in [0, 0.1) is 0 Å². The van der Waals surface area contributed by atoms with Gasteiger partial charge in [0.05, 0.1) is 0 Å². The van der Waals surface area contributed by atoms with Crippen molar-refractivity contribution in [2.45, 2.75) is 54.4 Å². The molecule has 1 aliphatic heterocycles. The molecule has 6 nitrogen and oxygen atoms in total. The normalized spacial score (nSPS) is 19.5. The average molecular weight is 339 g/mol. The molecule has 0 spiro atoms. The van der Waals surface area contributed by atoms with Crippen molar-refractivity contribution in [2.24, 2.45) is 7.05 Å². The molecule has 0 saturated carbocycles. The summed E-state index contributed by atoms with van der Waals surface area (Å²) < 4.78 is 7.47. The maximum atomic E-state index is 4.62. The predicted molar refractivity (Wildman–Crippen MR) is 88.6 cm³/mol. The van der Waals surface area contributed by atoms with Gasteiger partial charge in [0.1, 0.15) is 11.6 Å². The fourth-order valence-corrected chi connectivity index (χ4v) is 4.17. The topological polar surface area (TPSA) is 68.5 Å². The number of piperidine rings is 1. The molecule has 1 aliphatic rings. The van der Waals surface area contributed by atoms with Crippen molar-refractivity contribution in [1.29, 1.82) is 0 Å². The van der Waals surface area contributed by atoms with Crippen LogP contribution in [-0.4, -0.2) is 37.2 Å². The maximum Gasteiger partial charge on any atom is 0.198 e. The van der Waals surface area contributed by atoms with Crippen molar-refractivity contribution < 1.29 is 0 Å². The number of aromatic nitrogens is 5. The van der Waals surface area contributed by atoms with E-state index in [4.69, 9.17) is 0 Å². The molecule has 0 bridgehead atoms. The van der Waals surface area contributed by atoms with E-state index in [1.807, 2.05) is 7.05 Å². The lowest BCUT2D eigenvalue weighted by atomic mass is 9.96. The Labute approximate surface area is 139 Å². The van der Waals surface area contributed by atoms with Gasteiger partial charge in [-0.05, 0) is 42.7 Å². The summed E-state index contributed by atoms with van der Waals surface area (Å²) in [6.07, 6.45) is 2.38. The highest BCUT2D eigenvalue weighted by molar-refractivity contribution is 8.00. The molecule has 0 amide bonds. The van der Waals surface area contributed by atoms with Crippen LogP contribution in [-0.2, 0) is 12.5 Å². The van der Waals surface area contributed by atoms with E-state index in [1.165, 1.54) is 24.4 Å². The molecule has 0 radical (unpaired) electrons. The van der Waals surface area contributed by atoms with Crippen LogP contribution in [0.15, 0.2) is 9.50 Å². The molecule has 1 atom stereocenters. The SMILES string of the molecule is Cn1c(Sc2nc(C(C)(C)C)ns2)nnc1C1CCCNC1. The summed E-state index contributed by atoms with van der Waals surface area (Å²) in [7, 11) is 2.04. The third-order valence-corrected chi connectivity index (χ3v) is 5.58. The quantitative estimate of drug-likeness (QED) is 0.928. The molecule has 1 fully saturated rings. The van der Waals surface area contributed by atoms with Crippen LogP contribution >= 0.6 is 23.3 Å². The highest BCUT2D eigenvalue weighted by atomic mass is 32.2. The molecule has 3 heterocycles. The summed E-state index contributed by atoms with van der Waals surface area (Å²) in [6, 6.07) is 0. The van der Waals surface area contributed by atoms with E-state index in [0.29, 0.717) is 5.92 Å². The number of nitrogens with zero attached hydrogens (tertiary/aromatic N) is 5. The molecule has 22 heavy (non-hydrogen) atoms. The number of hydrogen-bond acceptors (Lipinski definition) is 7. The molecule has 2 aromatic rings. The molecule has 1 unspecified atom stereocenters. The second kappa shape index (κ2) is 6.25. The van der Waals surface area contributed by atoms with E-state index in [1.54, 1.807) is 11.8 Å². The minimum atomic E-state index is -0.0197. The van der Waals surface area contributed by atoms with E-state index < -0.39 is 0 Å². The van der Waals surface area contributed by atoms with Gasteiger partial charge in [-0.3, -0.25) is 0 Å². The van der Waals surface area contributed by atoms with Crippen LogP contribution in [0.1, 0.15) is 51.2 Å². The first-order valence-electron chi connectivity index (χ1n) is 7.57. The second-order valence-electron chi connectivity index (χ2n) is 6.68. The molecule has 2 aromatic heterocycles. The smallest absolute Gasteiger partial charge is 0.198 e. The van der Waals surface area contributed by atoms with E-state index >= 15 is 0 Å². The van der Waals surface area contributed by atoms with E-state index in [2.05, 4.69) is 50.2 Å². The Bertz CT molecular complexity index is 636. The summed E-state index contributed by atoms with van der Waals surface area (Å²) in [5.41, 5.74) is -0.0197. The zero-order valence-corrected chi connectivity index (χ0v) is 15.1. The zero-order valence-electron chi connectivity index (χ0n) is 13.5. The van der Waals surface area contributed by atoms with Gasteiger partial charge in [-0.2, -0.15) is 4.37 Å². The third kappa shape index (κ3) is 3.33. The molecular formula is C14H22N6S2. The predicted octanol–water partition coefficient (Wildman–Crippen LogP) is 2.58. The molecule has 120 valence electrons. The Morgan fingerprint density at radius 3 is 2.77 bits per heavy atom. The summed E-state index contributed by atoms with van der Waals surface area (Å²) in [5.74, 6) is 2.41. The van der Waals surface area contributed by atoms with Crippen LogP contribution in [0.4, 0.5) is 0 Å². The summed E-state index contributed by atoms with van der Waals surface area (Å²) in [5, 5.41) is 13.1. The van der Waals surface area contributed by atoms with Crippen LogP contribution in [0.3, 0.4) is 0 Å². The van der Waals surface area contributed by atoms with Crippen LogP contribution in [0.2, 0.25) is 0 Å². The number of rotatable bonds is 3. The van der Waals surface area contributed by atoms with Gasteiger partial charge in [0.2, 0.25) is 0 Å². The number of hydrogen-bond donors (Lipinski definition) is 1. The van der Waals surface area contributed by atoms with Crippen LogP contribution < -0.4 is 5.32 Å². The molecule has 1 saturated heterocycles. The first-order valence-corrected chi connectivity index (χ1v) is 9.16. The minimum Gasteiger partial charge on any atom is -0.316 e. The van der Waals surface area contributed by atoms with Gasteiger partial charge in [-0.15, -0.1) is 10.2 Å². The third-order valence-electron chi connectivity index (χ3n) is 3.79. The van der Waals surface area contributed by atoms with Crippen molar-refractivity contribution in [3.05, 3.63) is 11.6 Å². The Kier molecular flexibility index (Phi) is 4.52. The van der Waals surface area contributed by atoms with Crippen molar-refractivity contribution in [1.82, 2.24) is 29.4 Å².